The molecule has 1 heterocycles. The molecule has 1 fully saturated rings. The van der Waals surface area contributed by atoms with Gasteiger partial charge in [0, 0.05) is 12.8 Å². The van der Waals surface area contributed by atoms with E-state index in [1.807, 2.05) is 18.2 Å². The molecule has 0 aromatic carbocycles. The molecule has 12 heteroatoms. The zero-order valence-corrected chi connectivity index (χ0v) is 50.2. The first-order valence-corrected chi connectivity index (χ1v) is 31.2. The normalized spacial score (nSPS) is 18.7. The van der Waals surface area contributed by atoms with E-state index >= 15 is 0 Å². The number of carbonyl (C=O) groups is 4. The van der Waals surface area contributed by atoms with Crippen molar-refractivity contribution in [3.63, 3.8) is 0 Å². The first-order valence-electron chi connectivity index (χ1n) is 31.2. The van der Waals surface area contributed by atoms with Crippen molar-refractivity contribution in [1.29, 1.82) is 0 Å². The van der Waals surface area contributed by atoms with Gasteiger partial charge in [0.05, 0.1) is 13.0 Å². The molecule has 1 saturated heterocycles. The van der Waals surface area contributed by atoms with E-state index in [0.717, 1.165) is 148 Å². The minimum Gasteiger partial charge on any atom is -0.479 e. The fourth-order valence-corrected chi connectivity index (χ4v) is 8.52. The van der Waals surface area contributed by atoms with Crippen LogP contribution in [0.5, 0.6) is 0 Å². The number of aliphatic hydroxyl groups is 2. The van der Waals surface area contributed by atoms with Crippen LogP contribution < -0.4 is 0 Å². The van der Waals surface area contributed by atoms with Gasteiger partial charge in [-0.2, -0.15) is 0 Å². The van der Waals surface area contributed by atoms with Crippen molar-refractivity contribution in [2.45, 2.75) is 263 Å². The predicted molar refractivity (Wildman–Crippen MR) is 330 cm³/mol. The zero-order valence-electron chi connectivity index (χ0n) is 50.2. The van der Waals surface area contributed by atoms with E-state index in [1.165, 1.54) is 19.3 Å². The van der Waals surface area contributed by atoms with Gasteiger partial charge in [0.1, 0.15) is 18.8 Å². The van der Waals surface area contributed by atoms with Gasteiger partial charge in [0.15, 0.2) is 24.6 Å². The summed E-state index contributed by atoms with van der Waals surface area (Å²) in [5.74, 6) is -3.33. The highest BCUT2D eigenvalue weighted by Crippen LogP contribution is 2.26. The quantitative estimate of drug-likeness (QED) is 0.0228. The molecule has 6 unspecified atom stereocenters. The molecule has 0 spiro atoms. The molecular formula is C69H108O12. The van der Waals surface area contributed by atoms with Crippen molar-refractivity contribution in [3.8, 4) is 0 Å². The number of unbranched alkanes of at least 4 members (excludes halogenated alkanes) is 16. The van der Waals surface area contributed by atoms with Gasteiger partial charge >= 0.3 is 23.9 Å². The van der Waals surface area contributed by atoms with Gasteiger partial charge in [-0.05, 0) is 116 Å². The standard InChI is InChI=1S/C69H108O12/c1-4-7-10-13-16-19-22-25-28-30-31-33-36-39-42-45-48-51-54-57-63(72)80-67-65(74)64(73)66(68(75)76)81-69(67)78-59-60(79-62(71)56-53-50-47-44-41-38-34-27-24-21-18-15-12-9-6-3)58-77-61(70)55-52-49-46-43-40-37-35-32-29-26-23-20-17-14-11-8-5-2/h8-9,11-12,16-21,25-29,31,33-34,41,44,50,53,60,64-67,69,73-74H,4-7,10,13-15,22-24,30,32,35-40,42-43,45-49,51-52,54-59H2,1-3H3,(H,75,76)/b11-8-,12-9-,19-16-,20-17-,21-18-,28-25-,29-26-,33-31-,34-27-,44-41-,53-50-. The molecule has 6 atom stereocenters. The maximum absolute atomic E-state index is 13.1. The first kappa shape index (κ1) is 73.9. The van der Waals surface area contributed by atoms with Crippen LogP contribution in [0.1, 0.15) is 226 Å². The fraction of sp³-hybridized carbons (Fsp3) is 0.623. The van der Waals surface area contributed by atoms with Crippen LogP contribution in [0.4, 0.5) is 0 Å². The van der Waals surface area contributed by atoms with Crippen molar-refractivity contribution < 1.29 is 58.2 Å². The second-order valence-corrected chi connectivity index (χ2v) is 20.6. The van der Waals surface area contributed by atoms with Gasteiger partial charge in [0.2, 0.25) is 0 Å². The van der Waals surface area contributed by atoms with Crippen LogP contribution in [0.15, 0.2) is 134 Å². The Balaban J connectivity index is 2.73. The number of carboxylic acids is 1. The monoisotopic (exact) mass is 1130 g/mol. The molecular weight excluding hydrogens is 1020 g/mol. The van der Waals surface area contributed by atoms with Gasteiger partial charge in [-0.15, -0.1) is 0 Å². The van der Waals surface area contributed by atoms with E-state index in [1.54, 1.807) is 6.08 Å². The van der Waals surface area contributed by atoms with E-state index in [-0.39, 0.29) is 25.9 Å². The molecule has 0 bridgehead atoms. The third-order valence-corrected chi connectivity index (χ3v) is 13.2. The summed E-state index contributed by atoms with van der Waals surface area (Å²) < 4.78 is 28.3. The number of aliphatic carboxylic acids is 1. The van der Waals surface area contributed by atoms with E-state index in [0.29, 0.717) is 19.3 Å². The van der Waals surface area contributed by atoms with E-state index in [2.05, 4.69) is 130 Å². The van der Waals surface area contributed by atoms with Crippen molar-refractivity contribution in [2.75, 3.05) is 13.2 Å². The second kappa shape index (κ2) is 55.4. The lowest BCUT2D eigenvalue weighted by Crippen LogP contribution is -2.61. The Kier molecular flexibility index (Phi) is 50.5. The third kappa shape index (κ3) is 45.1. The molecule has 81 heavy (non-hydrogen) atoms. The van der Waals surface area contributed by atoms with Gasteiger partial charge in [-0.1, -0.05) is 225 Å². The number of ether oxygens (including phenoxy) is 5. The fourth-order valence-electron chi connectivity index (χ4n) is 8.52. The summed E-state index contributed by atoms with van der Waals surface area (Å²) in [5.41, 5.74) is 0. The highest BCUT2D eigenvalue weighted by Gasteiger charge is 2.50. The zero-order chi connectivity index (χ0) is 58.9. The van der Waals surface area contributed by atoms with Crippen LogP contribution in [0, 0.1) is 0 Å². The van der Waals surface area contributed by atoms with Gasteiger partial charge in [0.25, 0.3) is 0 Å². The SMILES string of the molecule is CC/C=C\C/C=C\C/C=C\C/C=C\C/C=C\CC(=O)OC(COC(=O)CCCCCCCCC/C=C\C/C=C\C/C=C\CC)COC1OC(C(=O)O)C(O)C(O)C1OC(=O)CCCCCCCC/C=C\C/C=C\C/C=C\CCCCC. The lowest BCUT2D eigenvalue weighted by atomic mass is 9.98. The number of carbonyl (C=O) groups excluding carboxylic acids is 3. The number of aliphatic hydroxyl groups excluding tert-OH is 2. The Labute approximate surface area is 490 Å². The Hall–Kier alpha value is -5.14. The maximum Gasteiger partial charge on any atom is 0.335 e. The first-order chi connectivity index (χ1) is 39.6. The average Bonchev–Trinajstić information content (AvgIpc) is 3.52. The number of allylic oxidation sites excluding steroid dienone is 21. The van der Waals surface area contributed by atoms with E-state index < -0.39 is 67.3 Å². The van der Waals surface area contributed by atoms with E-state index in [4.69, 9.17) is 23.7 Å². The summed E-state index contributed by atoms with van der Waals surface area (Å²) in [7, 11) is 0. The Bertz CT molecular complexity index is 1920. The summed E-state index contributed by atoms with van der Waals surface area (Å²) in [6.07, 6.45) is 65.8. The summed E-state index contributed by atoms with van der Waals surface area (Å²) >= 11 is 0. The lowest BCUT2D eigenvalue weighted by molar-refractivity contribution is -0.301. The van der Waals surface area contributed by atoms with Crippen LogP contribution in [-0.4, -0.2) is 89.2 Å². The highest BCUT2D eigenvalue weighted by atomic mass is 16.7. The number of hydrogen-bond donors (Lipinski definition) is 3. The highest BCUT2D eigenvalue weighted by molar-refractivity contribution is 5.74. The Morgan fingerprint density at radius 1 is 0.432 bits per heavy atom. The molecule has 1 aliphatic heterocycles. The number of hydrogen-bond acceptors (Lipinski definition) is 11. The van der Waals surface area contributed by atoms with Crippen molar-refractivity contribution in [1.82, 2.24) is 0 Å². The number of carboxylic acid groups (broad SMARTS) is 1. The van der Waals surface area contributed by atoms with Gasteiger partial charge < -0.3 is 39.0 Å². The summed E-state index contributed by atoms with van der Waals surface area (Å²) in [6.45, 7) is 5.64. The molecule has 0 aliphatic carbocycles. The van der Waals surface area contributed by atoms with Gasteiger partial charge in [-0.25, -0.2) is 4.79 Å². The van der Waals surface area contributed by atoms with Crippen LogP contribution in [0.3, 0.4) is 0 Å². The third-order valence-electron chi connectivity index (χ3n) is 13.2. The minimum absolute atomic E-state index is 0.0273. The van der Waals surface area contributed by atoms with E-state index in [9.17, 15) is 34.5 Å². The Morgan fingerprint density at radius 2 is 0.815 bits per heavy atom. The number of esters is 3. The second-order valence-electron chi connectivity index (χ2n) is 20.6. The van der Waals surface area contributed by atoms with Crippen LogP contribution in [0.25, 0.3) is 0 Å². The summed E-state index contributed by atoms with van der Waals surface area (Å²) in [6, 6.07) is 0. The number of rotatable bonds is 51. The molecule has 1 aliphatic rings. The molecule has 0 aromatic rings. The maximum atomic E-state index is 13.1. The summed E-state index contributed by atoms with van der Waals surface area (Å²) in [5, 5.41) is 31.6. The molecule has 0 radical (unpaired) electrons. The molecule has 0 saturated carbocycles. The molecule has 0 amide bonds. The molecule has 0 aromatic heterocycles. The van der Waals surface area contributed by atoms with Crippen LogP contribution in [-0.2, 0) is 42.9 Å². The largest absolute Gasteiger partial charge is 0.479 e. The molecule has 456 valence electrons. The smallest absolute Gasteiger partial charge is 0.335 e. The van der Waals surface area contributed by atoms with Crippen LogP contribution in [0.2, 0.25) is 0 Å². The lowest BCUT2D eigenvalue weighted by Gasteiger charge is -2.40. The van der Waals surface area contributed by atoms with Crippen LogP contribution >= 0.6 is 0 Å². The Morgan fingerprint density at radius 3 is 1.25 bits per heavy atom. The van der Waals surface area contributed by atoms with Gasteiger partial charge in [-0.3, -0.25) is 14.4 Å². The molecule has 1 rings (SSSR count). The minimum atomic E-state index is -1.93. The predicted octanol–water partition coefficient (Wildman–Crippen LogP) is 16.6. The topological polar surface area (TPSA) is 175 Å². The van der Waals surface area contributed by atoms with Crippen molar-refractivity contribution >= 4 is 23.9 Å². The summed E-state index contributed by atoms with van der Waals surface area (Å²) in [4.78, 5) is 51.2. The molecule has 12 nitrogen and oxygen atoms in total. The van der Waals surface area contributed by atoms with Crippen molar-refractivity contribution in [3.05, 3.63) is 134 Å². The molecule has 3 N–H and O–H groups in total. The van der Waals surface area contributed by atoms with Crippen molar-refractivity contribution in [2.24, 2.45) is 0 Å². The average molecular weight is 1130 g/mol.